The molecule has 2 rings (SSSR count). The monoisotopic (exact) mass is 295 g/mol. The van der Waals surface area contributed by atoms with Crippen LogP contribution in [0.1, 0.15) is 51.7 Å². The van der Waals surface area contributed by atoms with Gasteiger partial charge in [-0.3, -0.25) is 0 Å². The van der Waals surface area contributed by atoms with E-state index in [2.05, 4.69) is 32.2 Å². The van der Waals surface area contributed by atoms with Gasteiger partial charge in [-0.2, -0.15) is 0 Å². The molecule has 1 saturated carbocycles. The van der Waals surface area contributed by atoms with Crippen LogP contribution in [0.5, 0.6) is 0 Å². The summed E-state index contributed by atoms with van der Waals surface area (Å²) in [7, 11) is 0. The van der Waals surface area contributed by atoms with Crippen molar-refractivity contribution in [1.82, 2.24) is 5.32 Å². The van der Waals surface area contributed by atoms with Gasteiger partial charge in [-0.15, -0.1) is 0 Å². The van der Waals surface area contributed by atoms with E-state index >= 15 is 0 Å². The summed E-state index contributed by atoms with van der Waals surface area (Å²) >= 11 is 6.10. The summed E-state index contributed by atoms with van der Waals surface area (Å²) in [5.41, 5.74) is 1.25. The third-order valence-electron chi connectivity index (χ3n) is 3.58. The molecule has 1 fully saturated rings. The fourth-order valence-corrected chi connectivity index (χ4v) is 2.36. The molecule has 1 aliphatic carbocycles. The molecule has 1 atom stereocenters. The molecule has 0 aromatic heterocycles. The number of hydrogen-bond donors (Lipinski definition) is 1. The van der Waals surface area contributed by atoms with E-state index in [1.807, 2.05) is 18.2 Å². The molecule has 0 amide bonds. The van der Waals surface area contributed by atoms with Gasteiger partial charge >= 0.3 is 0 Å². The molecular formula is C17H26ClNO. The highest BCUT2D eigenvalue weighted by molar-refractivity contribution is 6.30. The Morgan fingerprint density at radius 1 is 1.35 bits per heavy atom. The number of hydrogen-bond acceptors (Lipinski definition) is 2. The van der Waals surface area contributed by atoms with Gasteiger partial charge in [0.15, 0.2) is 0 Å². The number of ether oxygens (including phenoxy) is 1. The van der Waals surface area contributed by atoms with Crippen LogP contribution in [0.15, 0.2) is 24.3 Å². The van der Waals surface area contributed by atoms with Crippen molar-refractivity contribution >= 4 is 11.6 Å². The van der Waals surface area contributed by atoms with Crippen LogP contribution in [0, 0.1) is 5.92 Å². The molecule has 0 bridgehead atoms. The summed E-state index contributed by atoms with van der Waals surface area (Å²) in [6.07, 6.45) is 4.02. The number of nitrogens with one attached hydrogen (secondary N) is 1. The zero-order valence-corrected chi connectivity index (χ0v) is 13.5. The van der Waals surface area contributed by atoms with Crippen LogP contribution in [0.4, 0.5) is 0 Å². The van der Waals surface area contributed by atoms with Crippen LogP contribution in [-0.2, 0) is 4.74 Å². The van der Waals surface area contributed by atoms with E-state index in [9.17, 15) is 0 Å². The van der Waals surface area contributed by atoms with Gasteiger partial charge in [-0.1, -0.05) is 36.6 Å². The zero-order chi connectivity index (χ0) is 14.6. The maximum atomic E-state index is 6.11. The predicted octanol–water partition coefficient (Wildman–Crippen LogP) is 4.59. The summed E-state index contributed by atoms with van der Waals surface area (Å²) in [5, 5.41) is 4.30. The second kappa shape index (κ2) is 6.93. The first kappa shape index (κ1) is 15.8. The van der Waals surface area contributed by atoms with Crippen molar-refractivity contribution in [3.05, 3.63) is 34.9 Å². The molecule has 3 heteroatoms. The molecule has 0 heterocycles. The highest BCUT2D eigenvalue weighted by Crippen LogP contribution is 2.33. The van der Waals surface area contributed by atoms with Crippen LogP contribution in [0.3, 0.4) is 0 Å². The molecule has 1 aromatic carbocycles. The largest absolute Gasteiger partial charge is 0.372 e. The lowest BCUT2D eigenvalue weighted by Crippen LogP contribution is -2.39. The quantitative estimate of drug-likeness (QED) is 0.794. The molecule has 1 N–H and O–H groups in total. The number of benzene rings is 1. The lowest BCUT2D eigenvalue weighted by atomic mass is 10.1. The minimum Gasteiger partial charge on any atom is -0.372 e. The van der Waals surface area contributed by atoms with E-state index in [0.29, 0.717) is 0 Å². The molecule has 1 aliphatic rings. The van der Waals surface area contributed by atoms with Gasteiger partial charge in [0.25, 0.3) is 0 Å². The van der Waals surface area contributed by atoms with Crippen LogP contribution >= 0.6 is 11.6 Å². The second-order valence-electron chi connectivity index (χ2n) is 6.78. The number of rotatable bonds is 7. The van der Waals surface area contributed by atoms with Gasteiger partial charge < -0.3 is 10.1 Å². The summed E-state index contributed by atoms with van der Waals surface area (Å²) < 4.78 is 6.11. The molecule has 0 radical (unpaired) electrons. The van der Waals surface area contributed by atoms with Gasteiger partial charge in [0.1, 0.15) is 0 Å². The molecular weight excluding hydrogens is 270 g/mol. The van der Waals surface area contributed by atoms with Crippen molar-refractivity contribution in [1.29, 1.82) is 0 Å². The molecule has 0 spiro atoms. The highest BCUT2D eigenvalue weighted by Gasteiger charge is 2.22. The molecule has 2 nitrogen and oxygen atoms in total. The Hall–Kier alpha value is -0.570. The van der Waals surface area contributed by atoms with Crippen LogP contribution < -0.4 is 5.32 Å². The Labute approximate surface area is 127 Å². The average molecular weight is 296 g/mol. The van der Waals surface area contributed by atoms with E-state index in [1.165, 1.54) is 19.3 Å². The van der Waals surface area contributed by atoms with E-state index in [4.69, 9.17) is 16.3 Å². The third-order valence-corrected chi connectivity index (χ3v) is 3.82. The molecule has 1 unspecified atom stereocenters. The molecule has 0 saturated heterocycles. The lowest BCUT2D eigenvalue weighted by molar-refractivity contribution is 0.0445. The Morgan fingerprint density at radius 2 is 2.10 bits per heavy atom. The van der Waals surface area contributed by atoms with E-state index in [-0.39, 0.29) is 11.6 Å². The van der Waals surface area contributed by atoms with Gasteiger partial charge in [0.05, 0.1) is 6.10 Å². The van der Waals surface area contributed by atoms with E-state index in [0.717, 1.165) is 29.7 Å². The Kier molecular flexibility index (Phi) is 5.48. The SMILES string of the molecule is CC(C)(C)NCC(OCCC1CC1)c1cccc(Cl)c1. The third kappa shape index (κ3) is 5.82. The van der Waals surface area contributed by atoms with Crippen LogP contribution in [0.25, 0.3) is 0 Å². The van der Waals surface area contributed by atoms with Crippen molar-refractivity contribution < 1.29 is 4.74 Å². The normalized spacial score (nSPS) is 17.2. The van der Waals surface area contributed by atoms with Crippen molar-refractivity contribution in [3.8, 4) is 0 Å². The lowest BCUT2D eigenvalue weighted by Gasteiger charge is -2.26. The highest BCUT2D eigenvalue weighted by atomic mass is 35.5. The minimum atomic E-state index is 0.0756. The van der Waals surface area contributed by atoms with Crippen LogP contribution in [0.2, 0.25) is 5.02 Å². The van der Waals surface area contributed by atoms with Gasteiger partial charge in [0, 0.05) is 23.7 Å². The Morgan fingerprint density at radius 3 is 2.70 bits per heavy atom. The van der Waals surface area contributed by atoms with Crippen LogP contribution in [-0.4, -0.2) is 18.7 Å². The fourth-order valence-electron chi connectivity index (χ4n) is 2.16. The van der Waals surface area contributed by atoms with Crippen molar-refractivity contribution in [2.45, 2.75) is 51.7 Å². The summed E-state index contributed by atoms with van der Waals surface area (Å²) in [6, 6.07) is 8.00. The maximum Gasteiger partial charge on any atom is 0.0949 e. The van der Waals surface area contributed by atoms with E-state index < -0.39 is 0 Å². The average Bonchev–Trinajstić information content (AvgIpc) is 3.16. The van der Waals surface area contributed by atoms with Crippen molar-refractivity contribution in [2.24, 2.45) is 5.92 Å². The topological polar surface area (TPSA) is 21.3 Å². The zero-order valence-electron chi connectivity index (χ0n) is 12.8. The Balaban J connectivity index is 1.94. The van der Waals surface area contributed by atoms with Gasteiger partial charge in [-0.25, -0.2) is 0 Å². The fraction of sp³-hybridized carbons (Fsp3) is 0.647. The summed E-state index contributed by atoms with van der Waals surface area (Å²) in [5.74, 6) is 0.908. The molecule has 1 aromatic rings. The summed E-state index contributed by atoms with van der Waals surface area (Å²) in [4.78, 5) is 0. The maximum absolute atomic E-state index is 6.11. The smallest absolute Gasteiger partial charge is 0.0949 e. The van der Waals surface area contributed by atoms with E-state index in [1.54, 1.807) is 0 Å². The second-order valence-corrected chi connectivity index (χ2v) is 7.21. The first-order valence-corrected chi connectivity index (χ1v) is 7.94. The molecule has 0 aliphatic heterocycles. The first-order valence-electron chi connectivity index (χ1n) is 7.56. The summed E-state index contributed by atoms with van der Waals surface area (Å²) in [6.45, 7) is 8.17. The first-order chi connectivity index (χ1) is 9.44. The van der Waals surface area contributed by atoms with Crippen molar-refractivity contribution in [2.75, 3.05) is 13.2 Å². The number of halogens is 1. The predicted molar refractivity (Wildman–Crippen MR) is 85.2 cm³/mol. The standard InChI is InChI=1S/C17H26ClNO/c1-17(2,3)19-12-16(20-10-9-13-7-8-13)14-5-4-6-15(18)11-14/h4-6,11,13,16,19H,7-10,12H2,1-3H3. The van der Waals surface area contributed by atoms with Gasteiger partial charge in [-0.05, 0) is 50.8 Å². The minimum absolute atomic E-state index is 0.0756. The van der Waals surface area contributed by atoms with Crippen molar-refractivity contribution in [3.63, 3.8) is 0 Å². The molecule has 112 valence electrons. The van der Waals surface area contributed by atoms with Gasteiger partial charge in [0.2, 0.25) is 0 Å². The Bertz CT molecular complexity index is 423. The molecule has 20 heavy (non-hydrogen) atoms.